The predicted molar refractivity (Wildman–Crippen MR) is 85.3 cm³/mol. The van der Waals surface area contributed by atoms with Gasteiger partial charge in [-0.2, -0.15) is 0 Å². The van der Waals surface area contributed by atoms with E-state index < -0.39 is 0 Å². The number of hydrogen-bond donors (Lipinski definition) is 1. The van der Waals surface area contributed by atoms with Gasteiger partial charge < -0.3 is 10.6 Å². The number of nitrogens with two attached hydrogens (primary N) is 1. The van der Waals surface area contributed by atoms with Crippen LogP contribution in [0.3, 0.4) is 0 Å². The van der Waals surface area contributed by atoms with Crippen LogP contribution >= 0.6 is 11.6 Å². The highest BCUT2D eigenvalue weighted by Crippen LogP contribution is 2.36. The maximum absolute atomic E-state index is 6.12. The van der Waals surface area contributed by atoms with E-state index in [2.05, 4.69) is 16.8 Å². The van der Waals surface area contributed by atoms with Gasteiger partial charge in [-0.15, -0.1) is 0 Å². The monoisotopic (exact) mass is 291 g/mol. The molecule has 1 aliphatic heterocycles. The third-order valence-electron chi connectivity index (χ3n) is 4.64. The summed E-state index contributed by atoms with van der Waals surface area (Å²) in [6, 6.07) is 8.33. The van der Waals surface area contributed by atoms with E-state index in [1.165, 1.54) is 25.7 Å². The van der Waals surface area contributed by atoms with Crippen LogP contribution in [0.1, 0.15) is 32.6 Å². The minimum absolute atomic E-state index is 0.416. The second kappa shape index (κ2) is 5.65. The molecule has 20 heavy (non-hydrogen) atoms. The van der Waals surface area contributed by atoms with Crippen LogP contribution in [-0.2, 0) is 0 Å². The Morgan fingerprint density at radius 1 is 1.25 bits per heavy atom. The van der Waals surface area contributed by atoms with Gasteiger partial charge in [0.05, 0.1) is 12.6 Å². The van der Waals surface area contributed by atoms with Crippen molar-refractivity contribution in [3.63, 3.8) is 0 Å². The summed E-state index contributed by atoms with van der Waals surface area (Å²) in [7, 11) is 0. The van der Waals surface area contributed by atoms with Gasteiger partial charge in [0.15, 0.2) is 5.96 Å². The Morgan fingerprint density at radius 2 is 2.00 bits per heavy atom. The Kier molecular flexibility index (Phi) is 3.88. The number of benzene rings is 1. The molecule has 1 saturated carbocycles. The Hall–Kier alpha value is -1.22. The van der Waals surface area contributed by atoms with Crippen molar-refractivity contribution in [2.75, 3.05) is 11.4 Å². The molecule has 3 unspecified atom stereocenters. The molecule has 1 aliphatic carbocycles. The van der Waals surface area contributed by atoms with Crippen LogP contribution in [0, 0.1) is 11.8 Å². The van der Waals surface area contributed by atoms with Crippen LogP contribution in [-0.4, -0.2) is 18.5 Å². The van der Waals surface area contributed by atoms with Crippen molar-refractivity contribution >= 4 is 23.2 Å². The highest BCUT2D eigenvalue weighted by atomic mass is 35.5. The van der Waals surface area contributed by atoms with Crippen LogP contribution in [0.25, 0.3) is 0 Å². The molecule has 1 aromatic carbocycles. The van der Waals surface area contributed by atoms with E-state index in [0.717, 1.165) is 23.2 Å². The molecule has 3 nitrogen and oxygen atoms in total. The van der Waals surface area contributed by atoms with Gasteiger partial charge in [0.2, 0.25) is 0 Å². The quantitative estimate of drug-likeness (QED) is 0.903. The number of rotatable bonds is 2. The Morgan fingerprint density at radius 3 is 2.70 bits per heavy atom. The fraction of sp³-hybridized carbons (Fsp3) is 0.562. The first-order valence-corrected chi connectivity index (χ1v) is 7.87. The molecule has 3 rings (SSSR count). The third-order valence-corrected chi connectivity index (χ3v) is 4.90. The zero-order chi connectivity index (χ0) is 14.1. The summed E-state index contributed by atoms with van der Waals surface area (Å²) in [5, 5.41) is 0.756. The number of nitrogens with zero attached hydrogens (tertiary/aromatic N) is 2. The Balaban J connectivity index is 1.82. The molecule has 1 heterocycles. The average Bonchev–Trinajstić information content (AvgIpc) is 2.82. The molecule has 0 aromatic heterocycles. The molecule has 3 atom stereocenters. The van der Waals surface area contributed by atoms with Crippen LogP contribution in [0.2, 0.25) is 5.02 Å². The normalized spacial score (nSPS) is 30.4. The number of hydrogen-bond acceptors (Lipinski definition) is 3. The SMILES string of the molecule is CC1CCCC(C2CN=C(N)N2c2ccc(Cl)cc2)C1. The van der Waals surface area contributed by atoms with Gasteiger partial charge in [-0.05, 0) is 48.9 Å². The largest absolute Gasteiger partial charge is 0.370 e. The number of halogens is 1. The second-order valence-electron chi connectivity index (χ2n) is 6.14. The summed E-state index contributed by atoms with van der Waals surface area (Å²) in [6.45, 7) is 3.18. The highest BCUT2D eigenvalue weighted by molar-refractivity contribution is 6.30. The number of aliphatic imine (C=N–C) groups is 1. The lowest BCUT2D eigenvalue weighted by Crippen LogP contribution is -2.45. The molecule has 4 heteroatoms. The van der Waals surface area contributed by atoms with Crippen molar-refractivity contribution in [2.45, 2.75) is 38.6 Å². The van der Waals surface area contributed by atoms with Gasteiger partial charge in [0.25, 0.3) is 0 Å². The molecular formula is C16H22ClN3. The molecule has 1 aromatic rings. The average molecular weight is 292 g/mol. The maximum Gasteiger partial charge on any atom is 0.196 e. The number of guanidine groups is 1. The lowest BCUT2D eigenvalue weighted by atomic mass is 9.78. The van der Waals surface area contributed by atoms with E-state index in [-0.39, 0.29) is 0 Å². The van der Waals surface area contributed by atoms with Gasteiger partial charge in [-0.1, -0.05) is 31.4 Å². The van der Waals surface area contributed by atoms with Crippen molar-refractivity contribution < 1.29 is 0 Å². The van der Waals surface area contributed by atoms with E-state index in [0.29, 0.717) is 17.9 Å². The topological polar surface area (TPSA) is 41.6 Å². The molecular weight excluding hydrogens is 270 g/mol. The minimum Gasteiger partial charge on any atom is -0.370 e. The van der Waals surface area contributed by atoms with Crippen LogP contribution < -0.4 is 10.6 Å². The van der Waals surface area contributed by atoms with Crippen LogP contribution in [0.5, 0.6) is 0 Å². The smallest absolute Gasteiger partial charge is 0.196 e. The zero-order valence-corrected chi connectivity index (χ0v) is 12.7. The fourth-order valence-electron chi connectivity index (χ4n) is 3.63. The summed E-state index contributed by atoms with van der Waals surface area (Å²) in [5.74, 6) is 2.16. The summed E-state index contributed by atoms with van der Waals surface area (Å²) >= 11 is 5.98. The first-order valence-electron chi connectivity index (χ1n) is 7.50. The molecule has 0 saturated heterocycles. The van der Waals surface area contributed by atoms with E-state index in [1.807, 2.05) is 24.3 Å². The predicted octanol–water partition coefficient (Wildman–Crippen LogP) is 3.67. The molecule has 2 aliphatic rings. The first-order chi connectivity index (χ1) is 9.65. The van der Waals surface area contributed by atoms with Gasteiger partial charge in [-0.25, -0.2) is 0 Å². The summed E-state index contributed by atoms with van der Waals surface area (Å²) in [5.41, 5.74) is 7.23. The summed E-state index contributed by atoms with van der Waals surface area (Å²) in [4.78, 5) is 6.69. The number of anilines is 1. The molecule has 1 fully saturated rings. The summed E-state index contributed by atoms with van der Waals surface area (Å²) < 4.78 is 0. The van der Waals surface area contributed by atoms with Gasteiger partial charge >= 0.3 is 0 Å². The van der Waals surface area contributed by atoms with E-state index in [4.69, 9.17) is 17.3 Å². The Labute approximate surface area is 125 Å². The molecule has 0 bridgehead atoms. The summed E-state index contributed by atoms with van der Waals surface area (Å²) in [6.07, 6.45) is 5.27. The maximum atomic E-state index is 6.12. The highest BCUT2D eigenvalue weighted by Gasteiger charge is 2.35. The molecule has 0 radical (unpaired) electrons. The van der Waals surface area contributed by atoms with Crippen molar-refractivity contribution in [2.24, 2.45) is 22.6 Å². The van der Waals surface area contributed by atoms with Gasteiger partial charge in [0, 0.05) is 10.7 Å². The van der Waals surface area contributed by atoms with Crippen LogP contribution in [0.15, 0.2) is 29.3 Å². The zero-order valence-electron chi connectivity index (χ0n) is 11.9. The first kappa shape index (κ1) is 13.7. The minimum atomic E-state index is 0.416. The Bertz CT molecular complexity index is 497. The lowest BCUT2D eigenvalue weighted by Gasteiger charge is -2.36. The van der Waals surface area contributed by atoms with Gasteiger partial charge in [-0.3, -0.25) is 4.99 Å². The van der Waals surface area contributed by atoms with Crippen molar-refractivity contribution in [3.8, 4) is 0 Å². The standard InChI is InChI=1S/C16H22ClN3/c1-11-3-2-4-12(9-11)15-10-19-16(18)20(15)14-7-5-13(17)6-8-14/h5-8,11-12,15H,2-4,9-10H2,1H3,(H2,18,19). The van der Waals surface area contributed by atoms with Gasteiger partial charge in [0.1, 0.15) is 0 Å². The van der Waals surface area contributed by atoms with Crippen molar-refractivity contribution in [3.05, 3.63) is 29.3 Å². The van der Waals surface area contributed by atoms with E-state index >= 15 is 0 Å². The molecule has 0 spiro atoms. The third kappa shape index (κ3) is 2.64. The second-order valence-corrected chi connectivity index (χ2v) is 6.58. The fourth-order valence-corrected chi connectivity index (χ4v) is 3.76. The molecule has 0 amide bonds. The molecule has 2 N–H and O–H groups in total. The van der Waals surface area contributed by atoms with Crippen LogP contribution in [0.4, 0.5) is 5.69 Å². The van der Waals surface area contributed by atoms with Crippen molar-refractivity contribution in [1.82, 2.24) is 0 Å². The molecule has 108 valence electrons. The lowest BCUT2D eigenvalue weighted by molar-refractivity contribution is 0.253. The van der Waals surface area contributed by atoms with E-state index in [9.17, 15) is 0 Å². The van der Waals surface area contributed by atoms with Crippen molar-refractivity contribution in [1.29, 1.82) is 0 Å². The van der Waals surface area contributed by atoms with E-state index in [1.54, 1.807) is 0 Å².